The highest BCUT2D eigenvalue weighted by Crippen LogP contribution is 2.32. The van der Waals surface area contributed by atoms with Crippen molar-refractivity contribution in [1.82, 2.24) is 0 Å². The van der Waals surface area contributed by atoms with Gasteiger partial charge in [0, 0.05) is 17.6 Å². The van der Waals surface area contributed by atoms with Gasteiger partial charge in [-0.25, -0.2) is 4.79 Å². The number of rotatable bonds is 1. The van der Waals surface area contributed by atoms with Crippen LogP contribution in [0, 0.1) is 0 Å². The molecule has 0 bridgehead atoms. The maximum Gasteiger partial charge on any atom is 0.336 e. The van der Waals surface area contributed by atoms with Crippen molar-refractivity contribution in [1.29, 1.82) is 0 Å². The van der Waals surface area contributed by atoms with Crippen molar-refractivity contribution in [3.8, 4) is 0 Å². The van der Waals surface area contributed by atoms with Crippen LogP contribution in [0.3, 0.4) is 0 Å². The summed E-state index contributed by atoms with van der Waals surface area (Å²) in [4.78, 5) is 10.9. The molecular formula is C8H12O3. The first kappa shape index (κ1) is 8.27. The van der Waals surface area contributed by atoms with E-state index in [1.54, 1.807) is 20.8 Å². The molecular weight excluding hydrogens is 144 g/mol. The van der Waals surface area contributed by atoms with Crippen LogP contribution in [0.2, 0.25) is 0 Å². The van der Waals surface area contributed by atoms with Crippen LogP contribution in [0.15, 0.2) is 11.1 Å². The molecule has 3 nitrogen and oxygen atoms in total. The Balaban J connectivity index is 3.03. The summed E-state index contributed by atoms with van der Waals surface area (Å²) in [6.07, 6.45) is 0.405. The second kappa shape index (κ2) is 2.34. The summed E-state index contributed by atoms with van der Waals surface area (Å²) in [6, 6.07) is 0. The molecule has 0 amide bonds. The number of aliphatic hydroxyl groups is 1. The van der Waals surface area contributed by atoms with Crippen LogP contribution in [0.1, 0.15) is 27.2 Å². The molecule has 0 aromatic heterocycles. The highest BCUT2D eigenvalue weighted by molar-refractivity contribution is 5.91. The van der Waals surface area contributed by atoms with Gasteiger partial charge in [-0.15, -0.1) is 0 Å². The van der Waals surface area contributed by atoms with Gasteiger partial charge in [0.15, 0.2) is 0 Å². The Morgan fingerprint density at radius 1 is 1.55 bits per heavy atom. The average Bonchev–Trinajstić information content (AvgIpc) is 2.17. The fourth-order valence-electron chi connectivity index (χ4n) is 1.09. The molecule has 0 aromatic rings. The molecule has 1 aliphatic rings. The third-order valence-electron chi connectivity index (χ3n) is 2.20. The van der Waals surface area contributed by atoms with Gasteiger partial charge in [0.05, 0.1) is 0 Å². The van der Waals surface area contributed by atoms with Crippen molar-refractivity contribution in [3.05, 3.63) is 11.1 Å². The summed E-state index contributed by atoms with van der Waals surface area (Å²) in [5.41, 5.74) is 1.15. The van der Waals surface area contributed by atoms with Gasteiger partial charge in [0.1, 0.15) is 0 Å². The minimum absolute atomic E-state index is 0.405. The maximum absolute atomic E-state index is 10.9. The molecule has 0 spiro atoms. The lowest BCUT2D eigenvalue weighted by molar-refractivity contribution is -0.182. The van der Waals surface area contributed by atoms with E-state index in [2.05, 4.69) is 0 Å². The maximum atomic E-state index is 10.9. The number of hydrogen-bond donors (Lipinski definition) is 1. The summed E-state index contributed by atoms with van der Waals surface area (Å²) in [5.74, 6) is -1.74. The van der Waals surface area contributed by atoms with Crippen LogP contribution in [-0.2, 0) is 9.53 Å². The van der Waals surface area contributed by atoms with Gasteiger partial charge in [-0.1, -0.05) is 6.92 Å². The normalized spacial score (nSPS) is 31.1. The molecule has 0 aromatic carbocycles. The van der Waals surface area contributed by atoms with E-state index in [0.29, 0.717) is 17.6 Å². The first-order valence-corrected chi connectivity index (χ1v) is 3.65. The van der Waals surface area contributed by atoms with Crippen molar-refractivity contribution in [3.63, 3.8) is 0 Å². The molecule has 1 aliphatic heterocycles. The number of carbonyl (C=O) groups is 1. The quantitative estimate of drug-likeness (QED) is 0.575. The molecule has 1 unspecified atom stereocenters. The Morgan fingerprint density at radius 2 is 2.09 bits per heavy atom. The third kappa shape index (κ3) is 1.05. The predicted octanol–water partition coefficient (Wildman–Crippen LogP) is 0.978. The first-order chi connectivity index (χ1) is 5.01. The minimum atomic E-state index is -1.33. The van der Waals surface area contributed by atoms with Crippen molar-refractivity contribution in [2.45, 2.75) is 33.0 Å². The molecule has 0 saturated carbocycles. The van der Waals surface area contributed by atoms with Crippen LogP contribution in [-0.4, -0.2) is 16.9 Å². The van der Waals surface area contributed by atoms with Gasteiger partial charge >= 0.3 is 5.97 Å². The Bertz CT molecular complexity index is 229. The Labute approximate surface area is 65.7 Å². The topological polar surface area (TPSA) is 46.5 Å². The highest BCUT2D eigenvalue weighted by atomic mass is 16.7. The second-order valence-corrected chi connectivity index (χ2v) is 2.78. The van der Waals surface area contributed by atoms with Crippen LogP contribution in [0.4, 0.5) is 0 Å². The Kier molecular flexibility index (Phi) is 1.76. The largest absolute Gasteiger partial charge is 0.426 e. The van der Waals surface area contributed by atoms with Crippen LogP contribution < -0.4 is 0 Å². The van der Waals surface area contributed by atoms with Gasteiger partial charge in [-0.05, 0) is 13.8 Å². The summed E-state index contributed by atoms with van der Waals surface area (Å²) >= 11 is 0. The zero-order valence-corrected chi connectivity index (χ0v) is 6.97. The van der Waals surface area contributed by atoms with E-state index in [0.717, 1.165) is 0 Å². The molecule has 0 radical (unpaired) electrons. The summed E-state index contributed by atoms with van der Waals surface area (Å²) in [6.45, 7) is 5.14. The standard InChI is InChI=1S/C8H12O3/c1-4-8(10)6(3)5(2)7(9)11-8/h10H,4H2,1-3H3. The van der Waals surface area contributed by atoms with Crippen molar-refractivity contribution in [2.75, 3.05) is 0 Å². The summed E-state index contributed by atoms with van der Waals surface area (Å²) in [7, 11) is 0. The molecule has 1 rings (SSSR count). The van der Waals surface area contributed by atoms with Crippen LogP contribution in [0.25, 0.3) is 0 Å². The van der Waals surface area contributed by atoms with E-state index in [9.17, 15) is 9.90 Å². The van der Waals surface area contributed by atoms with E-state index in [1.165, 1.54) is 0 Å². The van der Waals surface area contributed by atoms with E-state index < -0.39 is 11.8 Å². The fraction of sp³-hybridized carbons (Fsp3) is 0.625. The number of hydrogen-bond acceptors (Lipinski definition) is 3. The molecule has 11 heavy (non-hydrogen) atoms. The van der Waals surface area contributed by atoms with Crippen molar-refractivity contribution < 1.29 is 14.6 Å². The van der Waals surface area contributed by atoms with E-state index in [4.69, 9.17) is 4.74 Å². The van der Waals surface area contributed by atoms with Gasteiger partial charge in [0.25, 0.3) is 0 Å². The van der Waals surface area contributed by atoms with Gasteiger partial charge < -0.3 is 9.84 Å². The van der Waals surface area contributed by atoms with Gasteiger partial charge in [-0.3, -0.25) is 0 Å². The molecule has 0 saturated heterocycles. The molecule has 62 valence electrons. The fourth-order valence-corrected chi connectivity index (χ4v) is 1.09. The van der Waals surface area contributed by atoms with E-state index in [1.807, 2.05) is 0 Å². The molecule has 3 heteroatoms. The SMILES string of the molecule is CCC1(O)OC(=O)C(C)=C1C. The van der Waals surface area contributed by atoms with Gasteiger partial charge in [-0.2, -0.15) is 0 Å². The zero-order valence-electron chi connectivity index (χ0n) is 6.97. The monoisotopic (exact) mass is 156 g/mol. The van der Waals surface area contributed by atoms with Crippen LogP contribution in [0.5, 0.6) is 0 Å². The zero-order chi connectivity index (χ0) is 8.65. The lowest BCUT2D eigenvalue weighted by Crippen LogP contribution is -2.29. The lowest BCUT2D eigenvalue weighted by atomic mass is 10.0. The highest BCUT2D eigenvalue weighted by Gasteiger charge is 2.40. The summed E-state index contributed by atoms with van der Waals surface area (Å²) in [5, 5.41) is 9.61. The average molecular weight is 156 g/mol. The number of esters is 1. The number of carbonyl (C=O) groups excluding carboxylic acids is 1. The van der Waals surface area contributed by atoms with E-state index in [-0.39, 0.29) is 0 Å². The Hall–Kier alpha value is -0.830. The summed E-state index contributed by atoms with van der Waals surface area (Å²) < 4.78 is 4.77. The number of cyclic esters (lactones) is 1. The lowest BCUT2D eigenvalue weighted by Gasteiger charge is -2.20. The van der Waals surface area contributed by atoms with E-state index >= 15 is 0 Å². The van der Waals surface area contributed by atoms with Crippen LogP contribution >= 0.6 is 0 Å². The smallest absolute Gasteiger partial charge is 0.336 e. The first-order valence-electron chi connectivity index (χ1n) is 3.65. The second-order valence-electron chi connectivity index (χ2n) is 2.78. The molecule has 1 heterocycles. The predicted molar refractivity (Wildman–Crippen MR) is 39.7 cm³/mol. The molecule has 1 N–H and O–H groups in total. The Morgan fingerprint density at radius 3 is 2.27 bits per heavy atom. The molecule has 0 fully saturated rings. The van der Waals surface area contributed by atoms with Gasteiger partial charge in [0.2, 0.25) is 5.79 Å². The third-order valence-corrected chi connectivity index (χ3v) is 2.20. The molecule has 1 atom stereocenters. The molecule has 0 aliphatic carbocycles. The van der Waals surface area contributed by atoms with Crippen molar-refractivity contribution >= 4 is 5.97 Å². The number of ether oxygens (including phenoxy) is 1. The van der Waals surface area contributed by atoms with Crippen molar-refractivity contribution in [2.24, 2.45) is 0 Å². The minimum Gasteiger partial charge on any atom is -0.426 e.